The van der Waals surface area contributed by atoms with Crippen molar-refractivity contribution in [2.24, 2.45) is 0 Å². The van der Waals surface area contributed by atoms with Gasteiger partial charge >= 0.3 is 288 Å². The summed E-state index contributed by atoms with van der Waals surface area (Å²) in [5.41, 5.74) is 16.0. The summed E-state index contributed by atoms with van der Waals surface area (Å²) in [5, 5.41) is 0. The first-order valence-electron chi connectivity index (χ1n) is 17.0. The van der Waals surface area contributed by atoms with Crippen LogP contribution in [0.2, 0.25) is 9.26 Å². The van der Waals surface area contributed by atoms with Crippen LogP contribution in [-0.2, 0) is 17.4 Å². The molecule has 0 saturated carbocycles. The van der Waals surface area contributed by atoms with Gasteiger partial charge in [0.05, 0.1) is 0 Å². The molecule has 6 aromatic rings. The fraction of sp³-hybridized carbons (Fsp3) is 0.182. The van der Waals surface area contributed by atoms with Gasteiger partial charge in [-0.1, -0.05) is 0 Å². The fourth-order valence-electron chi connectivity index (χ4n) is 8.91. The summed E-state index contributed by atoms with van der Waals surface area (Å²) in [6.07, 6.45) is 4.95. The molecule has 0 radical (unpaired) electrons. The molecule has 238 valence electrons. The Bertz CT molecular complexity index is 2200. The molecule has 0 amide bonds. The predicted octanol–water partition coefficient (Wildman–Crippen LogP) is 11.7. The van der Waals surface area contributed by atoms with E-state index in [1.807, 2.05) is 0 Å². The molecule has 0 aliphatic heterocycles. The first kappa shape index (κ1) is 31.3. The Balaban J connectivity index is 1.41. The minimum atomic E-state index is -4.11. The van der Waals surface area contributed by atoms with Crippen LogP contribution in [0, 0.1) is 27.7 Å². The third-order valence-corrected chi connectivity index (χ3v) is 28.1. The van der Waals surface area contributed by atoms with E-state index in [0.29, 0.717) is 0 Å². The zero-order valence-corrected chi connectivity index (χ0v) is 32.6. The summed E-state index contributed by atoms with van der Waals surface area (Å²) >= 11 is -4.11. The van der Waals surface area contributed by atoms with Crippen LogP contribution in [0.3, 0.4) is 0 Å². The minimum absolute atomic E-state index is 0.241. The van der Waals surface area contributed by atoms with E-state index >= 15 is 0 Å². The molecule has 2 nitrogen and oxygen atoms in total. The number of hydrogen-bond acceptors (Lipinski definition) is 2. The van der Waals surface area contributed by atoms with E-state index in [2.05, 4.69) is 165 Å². The van der Waals surface area contributed by atoms with Crippen molar-refractivity contribution >= 4 is 30.2 Å². The van der Waals surface area contributed by atoms with Gasteiger partial charge < -0.3 is 0 Å². The maximum atomic E-state index is 6.52. The molecule has 2 heterocycles. The molecule has 0 spiro atoms. The SMILES string of the molecule is Cc1ccc(C2=Cc3c(ccc(C)c3-c3ccccc3)[CH]2[Zr]([CH3])([CH3])(=[SiH2])[CH]2C(c3ccc(C)o3)=Cc3c2ccc(C)c3-c2ccccc2)o1. The van der Waals surface area contributed by atoms with Gasteiger partial charge in [-0.15, -0.1) is 0 Å². The molecule has 2 unspecified atom stereocenters. The van der Waals surface area contributed by atoms with E-state index in [-0.39, 0.29) is 7.25 Å². The molecular formula is C44H42O2SiZr. The second-order valence-corrected chi connectivity index (χ2v) is 45.5. The number of rotatable bonds is 6. The van der Waals surface area contributed by atoms with Gasteiger partial charge in [-0.25, -0.2) is 0 Å². The van der Waals surface area contributed by atoms with Crippen LogP contribution in [0.4, 0.5) is 0 Å². The predicted molar refractivity (Wildman–Crippen MR) is 202 cm³/mol. The molecule has 2 aliphatic rings. The van der Waals surface area contributed by atoms with Gasteiger partial charge in [0.25, 0.3) is 0 Å². The Kier molecular flexibility index (Phi) is 7.36. The molecule has 0 fully saturated rings. The summed E-state index contributed by atoms with van der Waals surface area (Å²) in [7, 11) is 0. The first-order chi connectivity index (χ1) is 23.0. The van der Waals surface area contributed by atoms with Crippen molar-refractivity contribution in [3.05, 3.63) is 166 Å². The van der Waals surface area contributed by atoms with E-state index in [1.165, 1.54) is 66.8 Å². The fourth-order valence-corrected chi connectivity index (χ4v) is 27.3. The first-order valence-corrected chi connectivity index (χ1v) is 30.7. The Hall–Kier alpha value is -3.98. The summed E-state index contributed by atoms with van der Waals surface area (Å²) in [5.74, 6) is 3.88. The third-order valence-electron chi connectivity index (χ3n) is 10.9. The molecule has 48 heavy (non-hydrogen) atoms. The van der Waals surface area contributed by atoms with Gasteiger partial charge in [-0.05, 0) is 0 Å². The number of allylic oxidation sites excluding steroid dienone is 2. The summed E-state index contributed by atoms with van der Waals surface area (Å²) in [6, 6.07) is 40.0. The molecule has 4 aromatic carbocycles. The van der Waals surface area contributed by atoms with Crippen molar-refractivity contribution in [2.45, 2.75) is 44.2 Å². The van der Waals surface area contributed by atoms with Crippen molar-refractivity contribution in [3.63, 3.8) is 0 Å². The van der Waals surface area contributed by atoms with Crippen LogP contribution in [-0.4, -0.2) is 6.88 Å². The maximum absolute atomic E-state index is 6.52. The van der Waals surface area contributed by atoms with Crippen LogP contribution in [0.15, 0.2) is 118 Å². The quantitative estimate of drug-likeness (QED) is 0.160. The van der Waals surface area contributed by atoms with Crippen molar-refractivity contribution in [1.29, 1.82) is 0 Å². The molecule has 8 rings (SSSR count). The molecular weight excluding hydrogens is 680 g/mol. The molecule has 2 aliphatic carbocycles. The third kappa shape index (κ3) is 4.91. The van der Waals surface area contributed by atoms with Gasteiger partial charge in [0.2, 0.25) is 0 Å². The Labute approximate surface area is 286 Å². The average Bonchev–Trinajstić information content (AvgIpc) is 3.86. The Morgan fingerprint density at radius 2 is 0.896 bits per heavy atom. The van der Waals surface area contributed by atoms with Gasteiger partial charge in [0.15, 0.2) is 0 Å². The van der Waals surface area contributed by atoms with Crippen LogP contribution in [0.1, 0.15) is 63.7 Å². The summed E-state index contributed by atoms with van der Waals surface area (Å²) in [4.78, 5) is 0. The monoisotopic (exact) mass is 720 g/mol. The van der Waals surface area contributed by atoms with Crippen LogP contribution >= 0.6 is 0 Å². The van der Waals surface area contributed by atoms with Crippen LogP contribution in [0.25, 0.3) is 45.6 Å². The van der Waals surface area contributed by atoms with Gasteiger partial charge in [0.1, 0.15) is 0 Å². The van der Waals surface area contributed by atoms with Crippen LogP contribution in [0.5, 0.6) is 0 Å². The normalized spacial score (nSPS) is 17.2. The zero-order chi connectivity index (χ0) is 33.4. The number of aryl methyl sites for hydroxylation is 4. The zero-order valence-electron chi connectivity index (χ0n) is 28.7. The van der Waals surface area contributed by atoms with Gasteiger partial charge in [-0.3, -0.25) is 0 Å². The standard InChI is InChI=1S/2C21H17O.2CH3.H2Si.Zr/c2*1-14-8-10-17-12-18(20-11-9-15(2)22-20)13-19(17)21(14)16-6-4-3-5-7-16;;;;/h2*3-13H,1-2H3;2*1H3;1H2;. The second-order valence-electron chi connectivity index (χ2n) is 15.1. The van der Waals surface area contributed by atoms with Crippen LogP contribution < -0.4 is 0 Å². The molecule has 0 bridgehead atoms. The molecule has 2 aromatic heterocycles. The van der Waals surface area contributed by atoms with Crippen molar-refractivity contribution < 1.29 is 26.2 Å². The van der Waals surface area contributed by atoms with Gasteiger partial charge in [0, 0.05) is 0 Å². The van der Waals surface area contributed by atoms with E-state index in [9.17, 15) is 0 Å². The Morgan fingerprint density at radius 1 is 0.500 bits per heavy atom. The molecule has 0 saturated heterocycles. The second kappa shape index (κ2) is 11.3. The number of fused-ring (bicyclic) bond motifs is 2. The van der Waals surface area contributed by atoms with Crippen molar-refractivity contribution in [3.8, 4) is 22.3 Å². The number of hydrogen-bond donors (Lipinski definition) is 0. The van der Waals surface area contributed by atoms with Gasteiger partial charge in [-0.2, -0.15) is 0 Å². The summed E-state index contributed by atoms with van der Waals surface area (Å²) < 4.78 is 18.9. The van der Waals surface area contributed by atoms with Crippen molar-refractivity contribution in [2.75, 3.05) is 0 Å². The molecule has 0 N–H and O–H groups in total. The average molecular weight is 722 g/mol. The topological polar surface area (TPSA) is 26.3 Å². The summed E-state index contributed by atoms with van der Waals surface area (Å²) in [6.45, 7) is 11.0. The van der Waals surface area contributed by atoms with E-state index in [1.54, 1.807) is 0 Å². The number of furan rings is 2. The molecule has 2 atom stereocenters. The van der Waals surface area contributed by atoms with E-state index in [4.69, 9.17) is 8.83 Å². The molecule has 4 heteroatoms. The number of benzene rings is 4. The van der Waals surface area contributed by atoms with E-state index < -0.39 is 17.4 Å². The van der Waals surface area contributed by atoms with E-state index in [0.717, 1.165) is 23.0 Å². The van der Waals surface area contributed by atoms with Crippen molar-refractivity contribution in [1.82, 2.24) is 0 Å². The Morgan fingerprint density at radius 3 is 1.25 bits per heavy atom.